The highest BCUT2D eigenvalue weighted by atomic mass is 35.5. The Bertz CT molecular complexity index is 1380. The minimum atomic E-state index is -0.501. The lowest BCUT2D eigenvalue weighted by Crippen LogP contribution is -2.66. The predicted octanol–water partition coefficient (Wildman–Crippen LogP) is 8.47. The van der Waals surface area contributed by atoms with E-state index < -0.39 is 5.60 Å². The fourth-order valence-corrected chi connectivity index (χ4v) is 7.71. The molecule has 7 nitrogen and oxygen atoms in total. The summed E-state index contributed by atoms with van der Waals surface area (Å²) in [6.45, 7) is 28.0. The van der Waals surface area contributed by atoms with Crippen LogP contribution < -0.4 is 4.74 Å². The van der Waals surface area contributed by atoms with Crippen LogP contribution in [-0.4, -0.2) is 65.1 Å². The molecular formula is C36H48ClN3O4. The second kappa shape index (κ2) is 12.7. The number of rotatable bonds is 8. The van der Waals surface area contributed by atoms with E-state index >= 15 is 0 Å². The molecule has 2 aromatic rings. The summed E-state index contributed by atoms with van der Waals surface area (Å²) in [6, 6.07) is 13.7. The molecule has 1 amide bonds. The monoisotopic (exact) mass is 621 g/mol. The fourth-order valence-electron chi connectivity index (χ4n) is 7.50. The number of piperazine rings is 1. The van der Waals surface area contributed by atoms with E-state index in [0.717, 1.165) is 18.5 Å². The Morgan fingerprint density at radius 1 is 1.00 bits per heavy atom. The summed E-state index contributed by atoms with van der Waals surface area (Å²) in [5.41, 5.74) is 1.40. The molecule has 0 spiro atoms. The first-order valence-corrected chi connectivity index (χ1v) is 16.0. The molecule has 2 aromatic carbocycles. The normalized spacial score (nSPS) is 24.6. The lowest BCUT2D eigenvalue weighted by Gasteiger charge is -2.63. The van der Waals surface area contributed by atoms with Crippen molar-refractivity contribution in [1.82, 2.24) is 9.80 Å². The van der Waals surface area contributed by atoms with E-state index in [9.17, 15) is 9.59 Å². The Morgan fingerprint density at radius 3 is 2.11 bits per heavy atom. The first-order chi connectivity index (χ1) is 20.4. The van der Waals surface area contributed by atoms with Gasteiger partial charge in [0.05, 0.1) is 11.6 Å². The van der Waals surface area contributed by atoms with E-state index in [1.54, 1.807) is 18.2 Å². The Balaban J connectivity index is 1.31. The van der Waals surface area contributed by atoms with Gasteiger partial charge in [0.15, 0.2) is 5.78 Å². The molecule has 0 radical (unpaired) electrons. The van der Waals surface area contributed by atoms with E-state index in [1.165, 1.54) is 5.56 Å². The van der Waals surface area contributed by atoms with Crippen LogP contribution in [-0.2, 0) is 11.2 Å². The van der Waals surface area contributed by atoms with Gasteiger partial charge in [0.1, 0.15) is 17.5 Å². The summed E-state index contributed by atoms with van der Waals surface area (Å²) in [6.07, 6.45) is 0.983. The van der Waals surface area contributed by atoms with Gasteiger partial charge in [-0.2, -0.15) is 0 Å². The molecule has 1 saturated carbocycles. The third-order valence-electron chi connectivity index (χ3n) is 9.52. The Hall–Kier alpha value is -3.08. The lowest BCUT2D eigenvalue weighted by molar-refractivity contribution is -0.196. The highest BCUT2D eigenvalue weighted by Gasteiger charge is 2.63. The molecule has 2 fully saturated rings. The van der Waals surface area contributed by atoms with Gasteiger partial charge in [0.25, 0.3) is 0 Å². The number of ketones is 1. The number of carbonyl (C=O) groups excluding carboxylic acids is 2. The molecule has 0 bridgehead atoms. The molecule has 238 valence electrons. The molecule has 1 heterocycles. The number of ether oxygens (including phenoxy) is 2. The smallest absolute Gasteiger partial charge is 0.410 e. The SMILES string of the molecule is [C-]#[N+]c1ccc(OC2C(C)(C)C(CC(=O)c3ccc(CCN4[C@H](C)CN(C(=O)OC(C)(C)C)C[C@@H]4C)cc3)C2(C)C)cc1Cl. The van der Waals surface area contributed by atoms with Gasteiger partial charge in [-0.15, -0.1) is 0 Å². The van der Waals surface area contributed by atoms with E-state index in [1.807, 2.05) is 37.8 Å². The maximum absolute atomic E-state index is 13.4. The van der Waals surface area contributed by atoms with E-state index in [4.69, 9.17) is 27.6 Å². The van der Waals surface area contributed by atoms with Crippen molar-refractivity contribution < 1.29 is 19.1 Å². The van der Waals surface area contributed by atoms with E-state index in [-0.39, 0.29) is 46.8 Å². The molecule has 1 aliphatic heterocycles. The number of nitrogens with zero attached hydrogens (tertiary/aromatic N) is 3. The molecule has 0 N–H and O–H groups in total. The van der Waals surface area contributed by atoms with Gasteiger partial charge >= 0.3 is 6.09 Å². The van der Waals surface area contributed by atoms with Gasteiger partial charge in [-0.3, -0.25) is 9.69 Å². The molecule has 0 unspecified atom stereocenters. The van der Waals surface area contributed by atoms with Gasteiger partial charge in [-0.05, 0) is 64.7 Å². The van der Waals surface area contributed by atoms with Crippen LogP contribution in [0.25, 0.3) is 4.85 Å². The van der Waals surface area contributed by atoms with E-state index in [0.29, 0.717) is 36.0 Å². The van der Waals surface area contributed by atoms with Gasteiger partial charge in [-0.1, -0.05) is 69.6 Å². The van der Waals surface area contributed by atoms with E-state index in [2.05, 4.69) is 63.4 Å². The Kier molecular flexibility index (Phi) is 9.78. The average Bonchev–Trinajstić information content (AvgIpc) is 2.93. The summed E-state index contributed by atoms with van der Waals surface area (Å²) >= 11 is 6.24. The highest BCUT2D eigenvalue weighted by molar-refractivity contribution is 6.33. The number of hydrogen-bond acceptors (Lipinski definition) is 5. The molecule has 44 heavy (non-hydrogen) atoms. The molecule has 2 aliphatic rings. The number of carbonyl (C=O) groups is 2. The van der Waals surface area contributed by atoms with Crippen molar-refractivity contribution in [3.8, 4) is 5.75 Å². The van der Waals surface area contributed by atoms with Crippen molar-refractivity contribution in [1.29, 1.82) is 0 Å². The maximum atomic E-state index is 13.4. The molecule has 1 saturated heterocycles. The minimum Gasteiger partial charge on any atom is -0.489 e. The molecule has 2 atom stereocenters. The van der Waals surface area contributed by atoms with Crippen molar-refractivity contribution in [2.45, 2.75) is 98.9 Å². The van der Waals surface area contributed by atoms with Crippen LogP contribution in [0.3, 0.4) is 0 Å². The summed E-state index contributed by atoms with van der Waals surface area (Å²) in [4.78, 5) is 33.7. The van der Waals surface area contributed by atoms with Crippen molar-refractivity contribution >= 4 is 29.2 Å². The van der Waals surface area contributed by atoms with Gasteiger partial charge < -0.3 is 14.4 Å². The minimum absolute atomic E-state index is 0.0965. The molecule has 0 aromatic heterocycles. The first kappa shape index (κ1) is 33.8. The standard InChI is InChI=1S/C36H48ClN3O4/c1-23-21-39(33(42)44-34(3,4)5)22-24(2)40(23)18-17-25-11-13-26(14-12-25)30(41)20-31-35(6,7)32(36(31,8)9)43-27-15-16-29(38-10)28(37)19-27/h11-16,19,23-24,31-32H,17-18,20-22H2,1-9H3/t23-,24+,31?,32?. The van der Waals surface area contributed by atoms with Crippen LogP contribution in [0.5, 0.6) is 5.75 Å². The van der Waals surface area contributed by atoms with Crippen molar-refractivity contribution in [3.63, 3.8) is 0 Å². The summed E-state index contributed by atoms with van der Waals surface area (Å²) < 4.78 is 12.0. The largest absolute Gasteiger partial charge is 0.489 e. The third kappa shape index (κ3) is 7.24. The lowest BCUT2D eigenvalue weighted by atomic mass is 9.44. The first-order valence-electron chi connectivity index (χ1n) is 15.6. The van der Waals surface area contributed by atoms with Crippen LogP contribution in [0.15, 0.2) is 42.5 Å². The van der Waals surface area contributed by atoms with Crippen molar-refractivity contribution in [2.75, 3.05) is 19.6 Å². The Labute approximate surface area is 268 Å². The number of halogens is 1. The average molecular weight is 622 g/mol. The van der Waals surface area contributed by atoms with Crippen molar-refractivity contribution in [2.24, 2.45) is 16.7 Å². The third-order valence-corrected chi connectivity index (χ3v) is 9.82. The highest BCUT2D eigenvalue weighted by Crippen LogP contribution is 2.61. The second-order valence-electron chi connectivity index (χ2n) is 14.8. The number of benzene rings is 2. The second-order valence-corrected chi connectivity index (χ2v) is 15.2. The maximum Gasteiger partial charge on any atom is 0.410 e. The van der Waals surface area contributed by atoms with Gasteiger partial charge in [0.2, 0.25) is 5.69 Å². The summed E-state index contributed by atoms with van der Waals surface area (Å²) in [5, 5.41) is 0.382. The number of amides is 1. The van der Waals surface area contributed by atoms with Crippen LogP contribution in [0, 0.1) is 23.3 Å². The zero-order chi connectivity index (χ0) is 32.6. The molecule has 1 aliphatic carbocycles. The molecule has 8 heteroatoms. The zero-order valence-electron chi connectivity index (χ0n) is 27.7. The summed E-state index contributed by atoms with van der Waals surface area (Å²) in [7, 11) is 0. The molecular weight excluding hydrogens is 574 g/mol. The topological polar surface area (TPSA) is 63.4 Å². The van der Waals surface area contributed by atoms with Crippen LogP contribution in [0.2, 0.25) is 5.02 Å². The molecule has 4 rings (SSSR count). The van der Waals surface area contributed by atoms with Crippen LogP contribution in [0.1, 0.15) is 84.7 Å². The quantitative estimate of drug-likeness (QED) is 0.219. The Morgan fingerprint density at radius 2 is 1.59 bits per heavy atom. The predicted molar refractivity (Wildman–Crippen MR) is 176 cm³/mol. The van der Waals surface area contributed by atoms with Crippen molar-refractivity contribution in [3.05, 3.63) is 70.0 Å². The summed E-state index contributed by atoms with van der Waals surface area (Å²) in [5.74, 6) is 0.932. The van der Waals surface area contributed by atoms with Crippen LogP contribution >= 0.6 is 11.6 Å². The number of Topliss-reactive ketones (excluding diaryl/α,β-unsaturated/α-hetero) is 1. The fraction of sp³-hybridized carbons (Fsp3) is 0.583. The van der Waals surface area contributed by atoms with Gasteiger partial charge in [-0.25, -0.2) is 9.64 Å². The number of hydrogen-bond donors (Lipinski definition) is 0. The zero-order valence-corrected chi connectivity index (χ0v) is 28.5. The van der Waals surface area contributed by atoms with Crippen LogP contribution in [0.4, 0.5) is 10.5 Å². The van der Waals surface area contributed by atoms with Gasteiger partial charge in [0, 0.05) is 54.5 Å².